The fraction of sp³-hybridized carbons (Fsp3) is 0.467. The molecule has 0 saturated carbocycles. The van der Waals surface area contributed by atoms with Crippen molar-refractivity contribution in [3.8, 4) is 5.40 Å². The van der Waals surface area contributed by atoms with Crippen molar-refractivity contribution in [2.75, 3.05) is 5.75 Å². The average Bonchev–Trinajstić information content (AvgIpc) is 2.38. The Kier molecular flexibility index (Phi) is 6.56. The second kappa shape index (κ2) is 7.93. The van der Waals surface area contributed by atoms with E-state index in [1.54, 1.807) is 0 Å². The molecule has 108 valence electrons. The van der Waals surface area contributed by atoms with Crippen LogP contribution in [0.15, 0.2) is 30.3 Å². The van der Waals surface area contributed by atoms with Crippen LogP contribution >= 0.6 is 11.8 Å². The second-order valence-electron chi connectivity index (χ2n) is 5.35. The van der Waals surface area contributed by atoms with Crippen molar-refractivity contribution in [1.82, 2.24) is 5.32 Å². The quantitative estimate of drug-likeness (QED) is 0.645. The minimum absolute atomic E-state index is 0.323. The van der Waals surface area contributed by atoms with Gasteiger partial charge in [-0.05, 0) is 38.1 Å². The van der Waals surface area contributed by atoms with E-state index in [9.17, 15) is 4.79 Å². The summed E-state index contributed by atoms with van der Waals surface area (Å²) in [6.45, 7) is 6.06. The monoisotopic (exact) mass is 292 g/mol. The summed E-state index contributed by atoms with van der Waals surface area (Å²) in [6.07, 6.45) is 0. The zero-order chi connectivity index (χ0) is 15.0. The molecule has 4 nitrogen and oxygen atoms in total. The number of esters is 1. The minimum atomic E-state index is -0.527. The Morgan fingerprint density at radius 1 is 1.40 bits per heavy atom. The highest BCUT2D eigenvalue weighted by molar-refractivity contribution is 8.03. The maximum atomic E-state index is 12.1. The number of hydrogen-bond acceptors (Lipinski definition) is 5. The second-order valence-corrected chi connectivity index (χ2v) is 6.16. The lowest BCUT2D eigenvalue weighted by molar-refractivity contribution is -0.156. The molecule has 0 amide bonds. The fourth-order valence-electron chi connectivity index (χ4n) is 1.54. The molecule has 20 heavy (non-hydrogen) atoms. The van der Waals surface area contributed by atoms with Crippen LogP contribution in [0.3, 0.4) is 0 Å². The molecule has 1 aromatic carbocycles. The summed E-state index contributed by atoms with van der Waals surface area (Å²) in [5.41, 5.74) is 0.559. The zero-order valence-corrected chi connectivity index (χ0v) is 12.9. The lowest BCUT2D eigenvalue weighted by Gasteiger charge is -2.24. The van der Waals surface area contributed by atoms with Crippen LogP contribution in [0.5, 0.6) is 0 Å². The molecule has 1 N–H and O–H groups in total. The molecule has 0 saturated heterocycles. The molecular formula is C15H20N2O2S. The van der Waals surface area contributed by atoms with E-state index in [2.05, 4.69) is 5.32 Å². The van der Waals surface area contributed by atoms with Crippen molar-refractivity contribution in [3.63, 3.8) is 0 Å². The number of benzene rings is 1. The molecule has 1 aromatic rings. The highest BCUT2D eigenvalue weighted by Gasteiger charge is 2.24. The Morgan fingerprint density at radius 3 is 2.60 bits per heavy atom. The first-order valence-corrected chi connectivity index (χ1v) is 7.42. The third kappa shape index (κ3) is 6.60. The predicted molar refractivity (Wildman–Crippen MR) is 81.0 cm³/mol. The van der Waals surface area contributed by atoms with Crippen molar-refractivity contribution in [2.24, 2.45) is 0 Å². The highest BCUT2D eigenvalue weighted by Crippen LogP contribution is 2.11. The Morgan fingerprint density at radius 2 is 2.05 bits per heavy atom. The summed E-state index contributed by atoms with van der Waals surface area (Å²) in [5.74, 6) is 0.0503. The standard InChI is InChI=1S/C15H20N2O2S/c1-15(2,3)19-14(18)13(10-20-11-16)17-9-12-7-5-4-6-8-12/h4-8,13,17H,9-10H2,1-3H3/t13-/m1/s1. The van der Waals surface area contributed by atoms with E-state index in [0.29, 0.717) is 12.3 Å². The Hall–Kier alpha value is -1.51. The van der Waals surface area contributed by atoms with Crippen molar-refractivity contribution >= 4 is 17.7 Å². The van der Waals surface area contributed by atoms with Crippen LogP contribution < -0.4 is 5.32 Å². The van der Waals surface area contributed by atoms with Gasteiger partial charge in [0.1, 0.15) is 17.0 Å². The summed E-state index contributed by atoms with van der Waals surface area (Å²) in [5, 5.41) is 13.8. The number of thiocyanates is 1. The number of rotatable bonds is 6. The zero-order valence-electron chi connectivity index (χ0n) is 12.1. The predicted octanol–water partition coefficient (Wildman–Crippen LogP) is 2.70. The van der Waals surface area contributed by atoms with Crippen molar-refractivity contribution in [1.29, 1.82) is 5.26 Å². The molecule has 0 radical (unpaired) electrons. The van der Waals surface area contributed by atoms with Crippen LogP contribution in [0.4, 0.5) is 0 Å². The van der Waals surface area contributed by atoms with Crippen molar-refractivity contribution in [3.05, 3.63) is 35.9 Å². The van der Waals surface area contributed by atoms with Gasteiger partial charge in [0, 0.05) is 12.3 Å². The molecule has 0 heterocycles. The number of ether oxygens (including phenoxy) is 1. The molecular weight excluding hydrogens is 272 g/mol. The summed E-state index contributed by atoms with van der Waals surface area (Å²) in [7, 11) is 0. The van der Waals surface area contributed by atoms with Gasteiger partial charge in [0.15, 0.2) is 0 Å². The number of carbonyl (C=O) groups excluding carboxylic acids is 1. The first-order valence-electron chi connectivity index (χ1n) is 6.43. The Balaban J connectivity index is 2.60. The number of nitriles is 1. The lowest BCUT2D eigenvalue weighted by atomic mass is 10.2. The fourth-order valence-corrected chi connectivity index (χ4v) is 2.04. The normalized spacial score (nSPS) is 12.5. The highest BCUT2D eigenvalue weighted by atomic mass is 32.2. The van der Waals surface area contributed by atoms with Crippen molar-refractivity contribution in [2.45, 2.75) is 39.0 Å². The molecule has 0 aliphatic carbocycles. The molecule has 0 aliphatic rings. The molecule has 1 rings (SSSR count). The largest absolute Gasteiger partial charge is 0.459 e. The van der Waals surface area contributed by atoms with Crippen LogP contribution in [0, 0.1) is 10.7 Å². The van der Waals surface area contributed by atoms with Gasteiger partial charge >= 0.3 is 5.97 Å². The number of carbonyl (C=O) groups is 1. The molecule has 0 bridgehead atoms. The van der Waals surface area contributed by atoms with Gasteiger partial charge in [0.25, 0.3) is 0 Å². The van der Waals surface area contributed by atoms with Crippen molar-refractivity contribution < 1.29 is 9.53 Å². The first-order chi connectivity index (χ1) is 9.42. The molecule has 0 fully saturated rings. The molecule has 0 spiro atoms. The Bertz CT molecular complexity index is 463. The van der Waals surface area contributed by atoms with Gasteiger partial charge in [-0.25, -0.2) is 0 Å². The maximum absolute atomic E-state index is 12.1. The van der Waals surface area contributed by atoms with E-state index in [1.165, 1.54) is 0 Å². The smallest absolute Gasteiger partial charge is 0.324 e. The molecule has 5 heteroatoms. The summed E-state index contributed by atoms with van der Waals surface area (Å²) < 4.78 is 5.36. The van der Waals surface area contributed by atoms with Gasteiger partial charge in [-0.3, -0.25) is 10.1 Å². The van der Waals surface area contributed by atoms with E-state index in [4.69, 9.17) is 10.00 Å². The van der Waals surface area contributed by atoms with E-state index in [-0.39, 0.29) is 5.97 Å². The number of nitrogens with one attached hydrogen (secondary N) is 1. The van der Waals surface area contributed by atoms with Gasteiger partial charge < -0.3 is 4.74 Å². The number of thioether (sulfide) groups is 1. The van der Waals surface area contributed by atoms with Gasteiger partial charge in [-0.1, -0.05) is 30.3 Å². The summed E-state index contributed by atoms with van der Waals surface area (Å²) >= 11 is 1.05. The van der Waals surface area contributed by atoms with Crippen LogP contribution in [-0.4, -0.2) is 23.4 Å². The number of nitrogens with zero attached hydrogens (tertiary/aromatic N) is 1. The van der Waals surface area contributed by atoms with E-state index >= 15 is 0 Å². The minimum Gasteiger partial charge on any atom is -0.459 e. The Labute approximate surface area is 124 Å². The summed E-state index contributed by atoms with van der Waals surface area (Å²) in [6, 6.07) is 9.32. The average molecular weight is 292 g/mol. The summed E-state index contributed by atoms with van der Waals surface area (Å²) in [4.78, 5) is 12.1. The third-order valence-corrected chi connectivity index (χ3v) is 3.03. The number of hydrogen-bond donors (Lipinski definition) is 1. The molecule has 0 aliphatic heterocycles. The van der Waals surface area contributed by atoms with E-state index in [1.807, 2.05) is 56.5 Å². The van der Waals surface area contributed by atoms with Crippen LogP contribution in [0.2, 0.25) is 0 Å². The first kappa shape index (κ1) is 16.5. The third-order valence-electron chi connectivity index (χ3n) is 2.40. The van der Waals surface area contributed by atoms with Gasteiger partial charge in [-0.15, -0.1) is 0 Å². The van der Waals surface area contributed by atoms with Gasteiger partial charge in [0.05, 0.1) is 0 Å². The van der Waals surface area contributed by atoms with Crippen LogP contribution in [0.25, 0.3) is 0 Å². The lowest BCUT2D eigenvalue weighted by Crippen LogP contribution is -2.42. The molecule has 1 atom stereocenters. The van der Waals surface area contributed by atoms with E-state index in [0.717, 1.165) is 17.3 Å². The SMILES string of the molecule is CC(C)(C)OC(=O)[C@@H](CSC#N)NCc1ccccc1. The molecule has 0 unspecified atom stereocenters. The van der Waals surface area contributed by atoms with E-state index < -0.39 is 11.6 Å². The van der Waals surface area contributed by atoms with Gasteiger partial charge in [-0.2, -0.15) is 5.26 Å². The van der Waals surface area contributed by atoms with Crippen LogP contribution in [-0.2, 0) is 16.1 Å². The van der Waals surface area contributed by atoms with Crippen LogP contribution in [0.1, 0.15) is 26.3 Å². The maximum Gasteiger partial charge on any atom is 0.324 e. The van der Waals surface area contributed by atoms with Gasteiger partial charge in [0.2, 0.25) is 0 Å². The topological polar surface area (TPSA) is 62.1 Å². The molecule has 0 aromatic heterocycles.